The van der Waals surface area contributed by atoms with Crippen molar-refractivity contribution in [1.82, 2.24) is 10.7 Å². The molecule has 0 fully saturated rings. The van der Waals surface area contributed by atoms with E-state index >= 15 is 0 Å². The van der Waals surface area contributed by atoms with Crippen LogP contribution in [0.3, 0.4) is 0 Å². The predicted molar refractivity (Wildman–Crippen MR) is 106 cm³/mol. The van der Waals surface area contributed by atoms with Crippen molar-refractivity contribution in [3.63, 3.8) is 0 Å². The minimum atomic E-state index is -0.874. The number of carbonyl (C=O) groups excluding carboxylic acids is 2. The Hall–Kier alpha value is -2.83. The van der Waals surface area contributed by atoms with Crippen LogP contribution in [0.5, 0.6) is 5.75 Å². The number of nitrogens with zero attached hydrogens (tertiary/aromatic N) is 1. The van der Waals surface area contributed by atoms with Crippen LogP contribution in [0, 0.1) is 0 Å². The molecule has 0 saturated carbocycles. The van der Waals surface area contributed by atoms with E-state index in [1.165, 1.54) is 12.3 Å². The van der Waals surface area contributed by atoms with Gasteiger partial charge in [-0.1, -0.05) is 41.4 Å². The third-order valence-electron chi connectivity index (χ3n) is 3.23. The van der Waals surface area contributed by atoms with Crippen molar-refractivity contribution in [1.29, 1.82) is 0 Å². The van der Waals surface area contributed by atoms with Crippen molar-refractivity contribution >= 4 is 41.2 Å². The number of hydrogen-bond donors (Lipinski definition) is 2. The Morgan fingerprint density at radius 2 is 1.96 bits per heavy atom. The zero-order valence-corrected chi connectivity index (χ0v) is 15.8. The van der Waals surface area contributed by atoms with E-state index in [0.717, 1.165) is 5.56 Å². The zero-order valence-electron chi connectivity index (χ0n) is 14.2. The molecule has 140 valence electrons. The van der Waals surface area contributed by atoms with Gasteiger partial charge < -0.3 is 10.1 Å². The lowest BCUT2D eigenvalue weighted by Gasteiger charge is -2.09. The number of nitrogens with one attached hydrogen (secondary N) is 2. The number of halogens is 2. The van der Waals surface area contributed by atoms with E-state index in [-0.39, 0.29) is 6.54 Å². The van der Waals surface area contributed by atoms with Gasteiger partial charge in [0, 0.05) is 11.6 Å². The van der Waals surface area contributed by atoms with Crippen molar-refractivity contribution in [3.8, 4) is 5.75 Å². The molecule has 0 spiro atoms. The first kappa shape index (κ1) is 20.5. The molecule has 6 nitrogen and oxygen atoms in total. The summed E-state index contributed by atoms with van der Waals surface area (Å²) in [6.45, 7) is 3.96. The van der Waals surface area contributed by atoms with Crippen molar-refractivity contribution in [2.75, 3.05) is 6.54 Å². The number of hydrogen-bond acceptors (Lipinski definition) is 4. The third-order valence-corrected chi connectivity index (χ3v) is 3.76. The van der Waals surface area contributed by atoms with Crippen molar-refractivity contribution in [2.45, 2.75) is 6.61 Å². The van der Waals surface area contributed by atoms with Gasteiger partial charge in [-0.25, -0.2) is 5.43 Å². The maximum absolute atomic E-state index is 11.5. The first-order valence-corrected chi connectivity index (χ1v) is 8.64. The minimum absolute atomic E-state index is 0.197. The first-order valence-electron chi connectivity index (χ1n) is 7.88. The summed E-state index contributed by atoms with van der Waals surface area (Å²) in [6.07, 6.45) is 2.83. The maximum Gasteiger partial charge on any atom is 0.329 e. The topological polar surface area (TPSA) is 79.8 Å². The van der Waals surface area contributed by atoms with Crippen LogP contribution in [-0.2, 0) is 16.2 Å². The van der Waals surface area contributed by atoms with E-state index in [4.69, 9.17) is 27.9 Å². The Balaban J connectivity index is 1.90. The maximum atomic E-state index is 11.5. The molecule has 0 unspecified atom stereocenters. The Morgan fingerprint density at radius 3 is 2.67 bits per heavy atom. The van der Waals surface area contributed by atoms with Crippen LogP contribution in [0.1, 0.15) is 11.1 Å². The summed E-state index contributed by atoms with van der Waals surface area (Å²) in [4.78, 5) is 22.8. The number of rotatable bonds is 7. The van der Waals surface area contributed by atoms with Crippen LogP contribution in [0.4, 0.5) is 0 Å². The molecule has 0 atom stereocenters. The highest BCUT2D eigenvalue weighted by atomic mass is 35.5. The van der Waals surface area contributed by atoms with Gasteiger partial charge >= 0.3 is 11.8 Å². The highest BCUT2D eigenvalue weighted by molar-refractivity contribution is 6.35. The van der Waals surface area contributed by atoms with Crippen molar-refractivity contribution < 1.29 is 14.3 Å². The van der Waals surface area contributed by atoms with Crippen LogP contribution in [0.15, 0.2) is 60.2 Å². The second-order valence-electron chi connectivity index (χ2n) is 5.31. The predicted octanol–water partition coefficient (Wildman–Crippen LogP) is 3.32. The van der Waals surface area contributed by atoms with E-state index in [1.807, 2.05) is 18.2 Å². The summed E-state index contributed by atoms with van der Waals surface area (Å²) in [5.74, 6) is -1.17. The van der Waals surface area contributed by atoms with E-state index in [0.29, 0.717) is 28.0 Å². The molecule has 2 aromatic rings. The molecule has 0 aromatic heterocycles. The number of carbonyl (C=O) groups is 2. The summed E-state index contributed by atoms with van der Waals surface area (Å²) in [6, 6.07) is 12.4. The lowest BCUT2D eigenvalue weighted by molar-refractivity contribution is -0.139. The summed E-state index contributed by atoms with van der Waals surface area (Å²) in [5.41, 5.74) is 3.67. The van der Waals surface area contributed by atoms with Crippen LogP contribution in [-0.4, -0.2) is 24.6 Å². The molecule has 0 bridgehead atoms. The minimum Gasteiger partial charge on any atom is -0.487 e. The quantitative estimate of drug-likeness (QED) is 0.321. The van der Waals surface area contributed by atoms with Gasteiger partial charge in [0.15, 0.2) is 0 Å². The fourth-order valence-corrected chi connectivity index (χ4v) is 2.42. The molecule has 2 amide bonds. The third kappa shape index (κ3) is 6.77. The van der Waals surface area contributed by atoms with Gasteiger partial charge in [-0.2, -0.15) is 5.10 Å². The van der Waals surface area contributed by atoms with Gasteiger partial charge in [0.1, 0.15) is 12.4 Å². The molecule has 0 aliphatic rings. The van der Waals surface area contributed by atoms with E-state index in [2.05, 4.69) is 22.4 Å². The Bertz CT molecular complexity index is 869. The number of ether oxygens (including phenoxy) is 1. The lowest BCUT2D eigenvalue weighted by atomic mass is 10.2. The van der Waals surface area contributed by atoms with Crippen LogP contribution >= 0.6 is 23.2 Å². The summed E-state index contributed by atoms with van der Waals surface area (Å²) < 4.78 is 5.68. The van der Waals surface area contributed by atoms with Crippen LogP contribution < -0.4 is 15.5 Å². The molecule has 0 radical (unpaired) electrons. The first-order chi connectivity index (χ1) is 13.0. The molecule has 2 aromatic carbocycles. The average molecular weight is 406 g/mol. The Labute approximate surface area is 166 Å². The number of benzene rings is 2. The molecular weight excluding hydrogens is 389 g/mol. The van der Waals surface area contributed by atoms with Gasteiger partial charge in [-0.3, -0.25) is 9.59 Å². The number of hydrazone groups is 1. The second-order valence-corrected chi connectivity index (χ2v) is 6.15. The SMILES string of the molecule is C=CCNC(=O)C(=O)N/N=C\c1ccc(OCc2cccc(Cl)c2)c(Cl)c1. The van der Waals surface area contributed by atoms with E-state index in [9.17, 15) is 9.59 Å². The molecule has 8 heteroatoms. The second kappa shape index (κ2) is 10.4. The highest BCUT2D eigenvalue weighted by Gasteiger charge is 2.10. The zero-order chi connectivity index (χ0) is 19.6. The van der Waals surface area contributed by atoms with Gasteiger partial charge in [0.25, 0.3) is 0 Å². The normalized spacial score (nSPS) is 10.4. The standard InChI is InChI=1S/C19H17Cl2N3O3/c1-2-8-22-18(25)19(26)24-23-11-13-6-7-17(16(21)10-13)27-12-14-4-3-5-15(20)9-14/h2-7,9-11H,1,8,12H2,(H,22,25)(H,24,26)/b23-11-. The largest absolute Gasteiger partial charge is 0.487 e. The molecule has 2 rings (SSSR count). The molecule has 2 N–H and O–H groups in total. The fourth-order valence-electron chi connectivity index (χ4n) is 1.96. The number of amides is 2. The van der Waals surface area contributed by atoms with E-state index < -0.39 is 11.8 Å². The Kier molecular flexibility index (Phi) is 7.85. The average Bonchev–Trinajstić information content (AvgIpc) is 2.65. The van der Waals surface area contributed by atoms with Gasteiger partial charge in [0.2, 0.25) is 0 Å². The summed E-state index contributed by atoms with van der Waals surface area (Å²) >= 11 is 12.1. The lowest BCUT2D eigenvalue weighted by Crippen LogP contribution is -2.37. The fraction of sp³-hybridized carbons (Fsp3) is 0.105. The molecule has 0 saturated heterocycles. The van der Waals surface area contributed by atoms with Gasteiger partial charge in [0.05, 0.1) is 11.2 Å². The molecule has 0 heterocycles. The Morgan fingerprint density at radius 1 is 1.15 bits per heavy atom. The van der Waals surface area contributed by atoms with Crippen LogP contribution in [0.25, 0.3) is 0 Å². The van der Waals surface area contributed by atoms with Crippen LogP contribution in [0.2, 0.25) is 10.0 Å². The van der Waals surface area contributed by atoms with Gasteiger partial charge in [-0.15, -0.1) is 6.58 Å². The van der Waals surface area contributed by atoms with Gasteiger partial charge in [-0.05, 0) is 41.5 Å². The highest BCUT2D eigenvalue weighted by Crippen LogP contribution is 2.26. The molecular formula is C19H17Cl2N3O3. The molecule has 0 aliphatic heterocycles. The van der Waals surface area contributed by atoms with Crippen molar-refractivity contribution in [3.05, 3.63) is 76.3 Å². The van der Waals surface area contributed by atoms with E-state index in [1.54, 1.807) is 24.3 Å². The molecule has 27 heavy (non-hydrogen) atoms. The molecule has 0 aliphatic carbocycles. The van der Waals surface area contributed by atoms with Crippen molar-refractivity contribution in [2.24, 2.45) is 5.10 Å². The smallest absolute Gasteiger partial charge is 0.329 e. The summed E-state index contributed by atoms with van der Waals surface area (Å²) in [5, 5.41) is 7.08. The summed E-state index contributed by atoms with van der Waals surface area (Å²) in [7, 11) is 0. The monoisotopic (exact) mass is 405 g/mol.